The molecule has 1 saturated carbocycles. The number of amides is 1. The van der Waals surface area contributed by atoms with E-state index in [9.17, 15) is 32.6 Å². The van der Waals surface area contributed by atoms with Gasteiger partial charge in [-0.2, -0.15) is 13.2 Å². The standard InChI is InChI=1S/C23H25F4NO5/c1-28-21(31)22(33-13-15-3-2-4-17(24)9-15)10-18(29)20(30)19(11-22)32-12-14-5-7-16(8-6-14)23(25,26)27/h2-9,18-20,29-30H,10-13H2,1H3,(H,28,31)/t18-,19?,20-,22+/m1/s1. The van der Waals surface area contributed by atoms with Gasteiger partial charge in [0.25, 0.3) is 5.91 Å². The number of ether oxygens (including phenoxy) is 2. The van der Waals surface area contributed by atoms with E-state index in [0.717, 1.165) is 12.1 Å². The number of aliphatic hydroxyl groups is 2. The van der Waals surface area contributed by atoms with Crippen LogP contribution in [0.3, 0.4) is 0 Å². The van der Waals surface area contributed by atoms with E-state index >= 15 is 0 Å². The van der Waals surface area contributed by atoms with Gasteiger partial charge in [-0.15, -0.1) is 0 Å². The van der Waals surface area contributed by atoms with E-state index in [4.69, 9.17) is 9.47 Å². The summed E-state index contributed by atoms with van der Waals surface area (Å²) in [5.74, 6) is -1.02. The predicted molar refractivity (Wildman–Crippen MR) is 109 cm³/mol. The van der Waals surface area contributed by atoms with Crippen molar-refractivity contribution in [3.8, 4) is 0 Å². The van der Waals surface area contributed by atoms with E-state index < -0.39 is 47.4 Å². The Morgan fingerprint density at radius 1 is 1.09 bits per heavy atom. The fourth-order valence-corrected chi connectivity index (χ4v) is 3.83. The number of likely N-dealkylation sites (N-methyl/N-ethyl adjacent to an activating group) is 1. The van der Waals surface area contributed by atoms with Crippen molar-refractivity contribution in [2.75, 3.05) is 7.05 Å². The molecule has 0 aromatic heterocycles. The molecule has 1 aliphatic rings. The predicted octanol–water partition coefficient (Wildman–Crippen LogP) is 2.95. The molecular formula is C23H25F4NO5. The summed E-state index contributed by atoms with van der Waals surface area (Å²) >= 11 is 0. The fraction of sp³-hybridized carbons (Fsp3) is 0.435. The van der Waals surface area contributed by atoms with Gasteiger partial charge < -0.3 is 25.0 Å². The number of carbonyl (C=O) groups is 1. The van der Waals surface area contributed by atoms with Crippen LogP contribution < -0.4 is 5.32 Å². The molecule has 1 amide bonds. The molecular weight excluding hydrogens is 446 g/mol. The molecule has 3 rings (SSSR count). The Balaban J connectivity index is 1.74. The van der Waals surface area contributed by atoms with E-state index in [-0.39, 0.29) is 26.1 Å². The highest BCUT2D eigenvalue weighted by Gasteiger charge is 2.51. The first kappa shape index (κ1) is 25.1. The lowest BCUT2D eigenvalue weighted by molar-refractivity contribution is -0.199. The number of hydrogen-bond acceptors (Lipinski definition) is 5. The Labute approximate surface area is 188 Å². The summed E-state index contributed by atoms with van der Waals surface area (Å²) in [6.07, 6.45) is -8.55. The zero-order valence-electron chi connectivity index (χ0n) is 17.8. The average molecular weight is 471 g/mol. The molecule has 6 nitrogen and oxygen atoms in total. The van der Waals surface area contributed by atoms with Gasteiger partial charge in [-0.1, -0.05) is 24.3 Å². The molecule has 1 aliphatic carbocycles. The van der Waals surface area contributed by atoms with Gasteiger partial charge in [0.15, 0.2) is 5.60 Å². The zero-order chi connectivity index (χ0) is 24.2. The van der Waals surface area contributed by atoms with Gasteiger partial charge in [0.2, 0.25) is 0 Å². The normalized spacial score (nSPS) is 25.6. The van der Waals surface area contributed by atoms with Gasteiger partial charge >= 0.3 is 6.18 Å². The van der Waals surface area contributed by atoms with E-state index in [2.05, 4.69) is 5.32 Å². The van der Waals surface area contributed by atoms with Crippen LogP contribution in [-0.2, 0) is 33.7 Å². The lowest BCUT2D eigenvalue weighted by Crippen LogP contribution is -2.60. The molecule has 33 heavy (non-hydrogen) atoms. The molecule has 2 aromatic carbocycles. The largest absolute Gasteiger partial charge is 0.416 e. The number of carbonyl (C=O) groups excluding carboxylic acids is 1. The lowest BCUT2D eigenvalue weighted by Gasteiger charge is -2.43. The summed E-state index contributed by atoms with van der Waals surface area (Å²) < 4.78 is 63.3. The van der Waals surface area contributed by atoms with Gasteiger partial charge in [-0.25, -0.2) is 4.39 Å². The van der Waals surface area contributed by atoms with Gasteiger partial charge in [-0.3, -0.25) is 4.79 Å². The lowest BCUT2D eigenvalue weighted by atomic mass is 9.78. The number of hydrogen-bond donors (Lipinski definition) is 3. The number of nitrogens with one attached hydrogen (secondary N) is 1. The first-order chi connectivity index (χ1) is 15.5. The summed E-state index contributed by atoms with van der Waals surface area (Å²) in [7, 11) is 1.39. The Hall–Kier alpha value is -2.53. The van der Waals surface area contributed by atoms with Gasteiger partial charge in [0.05, 0.1) is 31.0 Å². The van der Waals surface area contributed by atoms with Crippen molar-refractivity contribution in [2.45, 2.75) is 56.1 Å². The summed E-state index contributed by atoms with van der Waals surface area (Å²) in [5.41, 5.74) is -1.48. The second-order valence-electron chi connectivity index (χ2n) is 8.00. The maximum Gasteiger partial charge on any atom is 0.416 e. The van der Waals surface area contributed by atoms with Crippen LogP contribution >= 0.6 is 0 Å². The molecule has 0 saturated heterocycles. The first-order valence-corrected chi connectivity index (χ1v) is 10.3. The minimum atomic E-state index is -4.46. The minimum absolute atomic E-state index is 0.124. The molecule has 3 N–H and O–H groups in total. The molecule has 10 heteroatoms. The first-order valence-electron chi connectivity index (χ1n) is 10.3. The van der Waals surface area contributed by atoms with E-state index in [1.165, 1.54) is 37.4 Å². The quantitative estimate of drug-likeness (QED) is 0.541. The Kier molecular flexibility index (Phi) is 7.73. The van der Waals surface area contributed by atoms with E-state index in [1.54, 1.807) is 6.07 Å². The van der Waals surface area contributed by atoms with E-state index in [0.29, 0.717) is 11.1 Å². The van der Waals surface area contributed by atoms with E-state index in [1.807, 2.05) is 0 Å². The van der Waals surface area contributed by atoms with Crippen LogP contribution in [0.2, 0.25) is 0 Å². The molecule has 180 valence electrons. The maximum absolute atomic E-state index is 13.5. The maximum atomic E-state index is 13.5. The minimum Gasteiger partial charge on any atom is -0.390 e. The summed E-state index contributed by atoms with van der Waals surface area (Å²) in [6.45, 7) is -0.278. The highest BCUT2D eigenvalue weighted by molar-refractivity contribution is 5.85. The molecule has 0 heterocycles. The van der Waals surface area contributed by atoms with Crippen LogP contribution in [0, 0.1) is 5.82 Å². The van der Waals surface area contributed by atoms with Crippen LogP contribution in [0.4, 0.5) is 17.6 Å². The van der Waals surface area contributed by atoms with Gasteiger partial charge in [0, 0.05) is 19.9 Å². The van der Waals surface area contributed by atoms with Crippen molar-refractivity contribution >= 4 is 5.91 Å². The molecule has 1 fully saturated rings. The molecule has 0 aliphatic heterocycles. The smallest absolute Gasteiger partial charge is 0.390 e. The van der Waals surface area contributed by atoms with Crippen LogP contribution in [0.25, 0.3) is 0 Å². The summed E-state index contributed by atoms with van der Waals surface area (Å²) in [5, 5.41) is 23.3. The molecule has 0 spiro atoms. The van der Waals surface area contributed by atoms with Crippen LogP contribution in [0.15, 0.2) is 48.5 Å². The second-order valence-corrected chi connectivity index (χ2v) is 8.00. The average Bonchev–Trinajstić information content (AvgIpc) is 2.78. The topological polar surface area (TPSA) is 88.0 Å². The monoisotopic (exact) mass is 471 g/mol. The third-order valence-electron chi connectivity index (χ3n) is 5.64. The summed E-state index contributed by atoms with van der Waals surface area (Å²) in [6, 6.07) is 9.98. The van der Waals surface area contributed by atoms with Crippen molar-refractivity contribution in [3.05, 3.63) is 71.0 Å². The third kappa shape index (κ3) is 6.08. The SMILES string of the molecule is CNC(=O)[C@@]1(OCc2cccc(F)c2)CC(OCc2ccc(C(F)(F)F)cc2)[C@H](O)[C@H](O)C1. The Morgan fingerprint density at radius 2 is 1.79 bits per heavy atom. The Morgan fingerprint density at radius 3 is 2.39 bits per heavy atom. The number of halogens is 4. The zero-order valence-corrected chi connectivity index (χ0v) is 17.8. The van der Waals surface area contributed by atoms with Crippen molar-refractivity contribution in [3.63, 3.8) is 0 Å². The van der Waals surface area contributed by atoms with Gasteiger partial charge in [0.1, 0.15) is 11.9 Å². The van der Waals surface area contributed by atoms with Crippen molar-refractivity contribution in [2.24, 2.45) is 0 Å². The molecule has 0 radical (unpaired) electrons. The molecule has 0 bridgehead atoms. The molecule has 2 aromatic rings. The third-order valence-corrected chi connectivity index (χ3v) is 5.64. The van der Waals surface area contributed by atoms with Crippen molar-refractivity contribution in [1.29, 1.82) is 0 Å². The highest BCUT2D eigenvalue weighted by Crippen LogP contribution is 2.36. The van der Waals surface area contributed by atoms with Gasteiger partial charge in [-0.05, 0) is 35.4 Å². The Bertz CT molecular complexity index is 953. The number of alkyl halides is 3. The highest BCUT2D eigenvalue weighted by atomic mass is 19.4. The number of rotatable bonds is 7. The van der Waals surface area contributed by atoms with Crippen LogP contribution in [-0.4, -0.2) is 47.1 Å². The second kappa shape index (κ2) is 10.2. The molecule has 1 unspecified atom stereocenters. The molecule has 4 atom stereocenters. The summed E-state index contributed by atoms with van der Waals surface area (Å²) in [4.78, 5) is 12.7. The number of aliphatic hydroxyl groups excluding tert-OH is 2. The van der Waals surface area contributed by atoms with Crippen molar-refractivity contribution in [1.82, 2.24) is 5.32 Å². The van der Waals surface area contributed by atoms with Crippen molar-refractivity contribution < 1.29 is 42.0 Å². The van der Waals surface area contributed by atoms with Crippen LogP contribution in [0.5, 0.6) is 0 Å². The van der Waals surface area contributed by atoms with Crippen LogP contribution in [0.1, 0.15) is 29.5 Å². The fourth-order valence-electron chi connectivity index (χ4n) is 3.83. The number of benzene rings is 2.